The van der Waals surface area contributed by atoms with Gasteiger partial charge in [-0.3, -0.25) is 9.69 Å². The standard InChI is InChI=1S/C26H32N4O/c1-3-4-11-23-24(25(28)31)20-9-7-10-21(20)26(29-15-13-19(17-27)14-16-29)30(23)22-12-6-5-8-18(22)2/h5-6,8,11-12,19H,3-4,7,9-10,13-16H2,1-2H3,(H2,28,31)/b23-11+. The van der Waals surface area contributed by atoms with E-state index >= 15 is 0 Å². The van der Waals surface area contributed by atoms with Crippen molar-refractivity contribution in [2.75, 3.05) is 18.0 Å². The van der Waals surface area contributed by atoms with E-state index in [-0.39, 0.29) is 11.8 Å². The van der Waals surface area contributed by atoms with E-state index in [1.807, 2.05) is 0 Å². The van der Waals surface area contributed by atoms with Crippen molar-refractivity contribution in [2.24, 2.45) is 11.7 Å². The van der Waals surface area contributed by atoms with Crippen LogP contribution in [-0.2, 0) is 4.79 Å². The molecule has 1 saturated heterocycles. The normalized spacial score (nSPS) is 21.0. The quantitative estimate of drug-likeness (QED) is 0.740. The maximum atomic E-state index is 12.7. The smallest absolute Gasteiger partial charge is 0.251 e. The lowest BCUT2D eigenvalue weighted by molar-refractivity contribution is -0.114. The number of rotatable bonds is 5. The number of nitrogens with two attached hydrogens (primary N) is 1. The number of primary amides is 1. The second-order valence-corrected chi connectivity index (χ2v) is 8.76. The van der Waals surface area contributed by atoms with E-state index in [2.05, 4.69) is 60.1 Å². The number of hydrogen-bond donors (Lipinski definition) is 1. The van der Waals surface area contributed by atoms with Crippen LogP contribution in [-0.4, -0.2) is 23.9 Å². The van der Waals surface area contributed by atoms with Crippen LogP contribution in [0.3, 0.4) is 0 Å². The summed E-state index contributed by atoms with van der Waals surface area (Å²) in [7, 11) is 0. The molecule has 0 unspecified atom stereocenters. The maximum Gasteiger partial charge on any atom is 0.251 e. The van der Waals surface area contributed by atoms with Gasteiger partial charge in [-0.05, 0) is 68.2 Å². The lowest BCUT2D eigenvalue weighted by Gasteiger charge is -2.44. The number of fused-ring (bicyclic) bond motifs is 1. The second kappa shape index (κ2) is 9.01. The predicted molar refractivity (Wildman–Crippen MR) is 124 cm³/mol. The number of carbonyl (C=O) groups is 1. The van der Waals surface area contributed by atoms with E-state index in [1.54, 1.807) is 0 Å². The van der Waals surface area contributed by atoms with Crippen LogP contribution in [0, 0.1) is 24.2 Å². The summed E-state index contributed by atoms with van der Waals surface area (Å²) in [5.74, 6) is 0.996. The van der Waals surface area contributed by atoms with Crippen molar-refractivity contribution in [3.63, 3.8) is 0 Å². The van der Waals surface area contributed by atoms with Crippen molar-refractivity contribution in [3.8, 4) is 6.07 Å². The van der Waals surface area contributed by atoms with Crippen molar-refractivity contribution in [3.05, 3.63) is 64.1 Å². The van der Waals surface area contributed by atoms with E-state index in [9.17, 15) is 10.1 Å². The first kappa shape index (κ1) is 21.2. The number of amides is 1. The summed E-state index contributed by atoms with van der Waals surface area (Å²) in [6, 6.07) is 10.8. The number of anilines is 1. The van der Waals surface area contributed by atoms with Crippen LogP contribution in [0.25, 0.3) is 0 Å². The summed E-state index contributed by atoms with van der Waals surface area (Å²) in [4.78, 5) is 17.5. The highest BCUT2D eigenvalue weighted by Gasteiger charge is 2.39. The van der Waals surface area contributed by atoms with E-state index < -0.39 is 0 Å². The molecule has 2 heterocycles. The number of piperidine rings is 1. The molecule has 0 bridgehead atoms. The number of likely N-dealkylation sites (tertiary alicyclic amines) is 1. The zero-order chi connectivity index (χ0) is 22.0. The van der Waals surface area contributed by atoms with Gasteiger partial charge in [0, 0.05) is 19.0 Å². The molecule has 5 nitrogen and oxygen atoms in total. The van der Waals surface area contributed by atoms with Gasteiger partial charge in [0.15, 0.2) is 0 Å². The molecular formula is C26H32N4O. The van der Waals surface area contributed by atoms with Crippen molar-refractivity contribution in [1.82, 2.24) is 4.90 Å². The van der Waals surface area contributed by atoms with Gasteiger partial charge in [-0.15, -0.1) is 0 Å². The number of hydrogen-bond acceptors (Lipinski definition) is 4. The first-order valence-corrected chi connectivity index (χ1v) is 11.5. The minimum Gasteiger partial charge on any atom is -0.366 e. The predicted octanol–water partition coefficient (Wildman–Crippen LogP) is 4.91. The molecular weight excluding hydrogens is 384 g/mol. The first-order valence-electron chi connectivity index (χ1n) is 11.5. The van der Waals surface area contributed by atoms with Crippen molar-refractivity contribution < 1.29 is 4.79 Å². The molecule has 2 N–H and O–H groups in total. The Labute approximate surface area is 185 Å². The Morgan fingerprint density at radius 2 is 1.94 bits per heavy atom. The van der Waals surface area contributed by atoms with E-state index in [0.717, 1.165) is 75.0 Å². The lowest BCUT2D eigenvalue weighted by atomic mass is 9.91. The Hall–Kier alpha value is -3.00. The molecule has 31 heavy (non-hydrogen) atoms. The average Bonchev–Trinajstić information content (AvgIpc) is 3.26. The summed E-state index contributed by atoms with van der Waals surface area (Å²) in [6.07, 6.45) is 8.75. The molecule has 1 amide bonds. The van der Waals surface area contributed by atoms with Gasteiger partial charge in [-0.25, -0.2) is 0 Å². The van der Waals surface area contributed by atoms with Gasteiger partial charge < -0.3 is 10.6 Å². The zero-order valence-electron chi connectivity index (χ0n) is 18.7. The molecule has 2 fully saturated rings. The average molecular weight is 417 g/mol. The highest BCUT2D eigenvalue weighted by atomic mass is 16.1. The summed E-state index contributed by atoms with van der Waals surface area (Å²) in [5.41, 5.74) is 12.3. The second-order valence-electron chi connectivity index (χ2n) is 8.76. The Bertz CT molecular complexity index is 1000. The van der Waals surface area contributed by atoms with Gasteiger partial charge >= 0.3 is 0 Å². The fraction of sp³-hybridized carbons (Fsp3) is 0.462. The molecule has 5 heteroatoms. The summed E-state index contributed by atoms with van der Waals surface area (Å²) < 4.78 is 0. The number of benzene rings is 1. The highest BCUT2D eigenvalue weighted by molar-refractivity contribution is 6.01. The molecule has 0 atom stereocenters. The molecule has 1 aromatic carbocycles. The zero-order valence-corrected chi connectivity index (χ0v) is 18.7. The molecule has 1 saturated carbocycles. The van der Waals surface area contributed by atoms with E-state index in [1.165, 1.54) is 17.0 Å². The molecule has 0 spiro atoms. The fourth-order valence-electron chi connectivity index (χ4n) is 5.14. The monoisotopic (exact) mass is 416 g/mol. The molecule has 0 radical (unpaired) electrons. The topological polar surface area (TPSA) is 73.4 Å². The van der Waals surface area contributed by atoms with Crippen LogP contribution >= 0.6 is 0 Å². The van der Waals surface area contributed by atoms with Crippen LogP contribution < -0.4 is 10.6 Å². The van der Waals surface area contributed by atoms with Crippen LogP contribution in [0.5, 0.6) is 0 Å². The fourth-order valence-corrected chi connectivity index (χ4v) is 5.14. The van der Waals surface area contributed by atoms with Crippen molar-refractivity contribution >= 4 is 11.6 Å². The van der Waals surface area contributed by atoms with Gasteiger partial charge in [0.25, 0.3) is 5.91 Å². The maximum absolute atomic E-state index is 12.7. The number of carbonyl (C=O) groups excluding carboxylic acids is 1. The first-order chi connectivity index (χ1) is 15.1. The third-order valence-corrected chi connectivity index (χ3v) is 6.70. The molecule has 1 aliphatic carbocycles. The SMILES string of the molecule is CCC/C=C1\C(C(N)=O)=C2CCCC2=C(N2CCC(C#N)CC2)N1c1ccccc1C. The molecule has 0 aromatic heterocycles. The highest BCUT2D eigenvalue weighted by Crippen LogP contribution is 2.47. The minimum atomic E-state index is -0.336. The van der Waals surface area contributed by atoms with Gasteiger partial charge in [0.05, 0.1) is 23.0 Å². The number of nitrogens with zero attached hydrogens (tertiary/aromatic N) is 3. The lowest BCUT2D eigenvalue weighted by Crippen LogP contribution is -2.44. The molecule has 3 aliphatic rings. The van der Waals surface area contributed by atoms with Gasteiger partial charge in [-0.2, -0.15) is 5.26 Å². The van der Waals surface area contributed by atoms with Gasteiger partial charge in [0.1, 0.15) is 5.82 Å². The number of aryl methyl sites for hydroxylation is 1. The molecule has 4 rings (SSSR count). The van der Waals surface area contributed by atoms with Crippen molar-refractivity contribution in [1.29, 1.82) is 5.26 Å². The number of para-hydroxylation sites is 1. The Balaban J connectivity index is 1.93. The van der Waals surface area contributed by atoms with Crippen LogP contribution in [0.1, 0.15) is 57.4 Å². The molecule has 1 aromatic rings. The third kappa shape index (κ3) is 3.87. The number of allylic oxidation sites excluding steroid dienone is 3. The Morgan fingerprint density at radius 3 is 2.58 bits per heavy atom. The number of nitriles is 1. The number of unbranched alkanes of at least 4 members (excludes halogenated alkanes) is 1. The summed E-state index contributed by atoms with van der Waals surface area (Å²) in [6.45, 7) is 5.99. The van der Waals surface area contributed by atoms with Gasteiger partial charge in [0.2, 0.25) is 0 Å². The summed E-state index contributed by atoms with van der Waals surface area (Å²) >= 11 is 0. The Kier molecular flexibility index (Phi) is 6.18. The van der Waals surface area contributed by atoms with Crippen LogP contribution in [0.15, 0.2) is 58.6 Å². The third-order valence-electron chi connectivity index (χ3n) is 6.70. The molecule has 2 aliphatic heterocycles. The van der Waals surface area contributed by atoms with Crippen LogP contribution in [0.2, 0.25) is 0 Å². The minimum absolute atomic E-state index is 0.132. The van der Waals surface area contributed by atoms with Crippen molar-refractivity contribution in [2.45, 2.75) is 58.8 Å². The van der Waals surface area contributed by atoms with E-state index in [4.69, 9.17) is 5.73 Å². The van der Waals surface area contributed by atoms with Crippen LogP contribution in [0.4, 0.5) is 5.69 Å². The van der Waals surface area contributed by atoms with Gasteiger partial charge in [-0.1, -0.05) is 37.6 Å². The van der Waals surface area contributed by atoms with E-state index in [0.29, 0.717) is 5.57 Å². The largest absolute Gasteiger partial charge is 0.366 e. The summed E-state index contributed by atoms with van der Waals surface area (Å²) in [5, 5.41) is 9.38. The Morgan fingerprint density at radius 1 is 1.23 bits per heavy atom. The molecule has 162 valence electrons.